The van der Waals surface area contributed by atoms with Gasteiger partial charge in [0.15, 0.2) is 33.0 Å². The van der Waals surface area contributed by atoms with Crippen LogP contribution in [0.1, 0.15) is 30.3 Å². The van der Waals surface area contributed by atoms with Gasteiger partial charge < -0.3 is 19.2 Å². The van der Waals surface area contributed by atoms with Gasteiger partial charge in [-0.1, -0.05) is 11.6 Å². The topological polar surface area (TPSA) is 121 Å². The maximum Gasteiger partial charge on any atom is 0.258 e. The molecule has 4 heterocycles. The Bertz CT molecular complexity index is 2080. The standard InChI is InChI=1S/C35H26Cl2F5N3O7/c36-34-13-20-18(6-7-19-22(20)31(48)44(30(19)47)16-3-1-15(2-4-16)43-9-11-51-12-10-43)23(21-8-5-17(14-46)52-21)35(34,37)33(50)45(32(34)49)29-27(41)25(39)24(38)26(40)28(29)42/h1-6,8,19-20,22-23,46H,7,9-14H2/t19-,20+,22-,23+,34+,35-/m0/s1. The van der Waals surface area contributed by atoms with Crippen molar-refractivity contribution < 1.29 is 55.4 Å². The first-order valence-electron chi connectivity index (χ1n) is 16.2. The third kappa shape index (κ3) is 4.55. The number of carbonyl (C=O) groups excluding carboxylic acids is 4. The Hall–Kier alpha value is -4.31. The fraction of sp³-hybridized carbons (Fsp3) is 0.371. The average molecular weight is 767 g/mol. The van der Waals surface area contributed by atoms with Crippen molar-refractivity contribution >= 4 is 63.9 Å². The Morgan fingerprint density at radius 2 is 1.38 bits per heavy atom. The summed E-state index contributed by atoms with van der Waals surface area (Å²) in [5.41, 5.74) is -0.499. The summed E-state index contributed by atoms with van der Waals surface area (Å²) in [7, 11) is 0. The summed E-state index contributed by atoms with van der Waals surface area (Å²) in [6, 6.07) is 9.44. The third-order valence-corrected chi connectivity index (χ3v) is 12.2. The van der Waals surface area contributed by atoms with Crippen LogP contribution >= 0.6 is 23.2 Å². The van der Waals surface area contributed by atoms with Gasteiger partial charge in [-0.15, -0.1) is 23.2 Å². The molecule has 1 N–H and O–H groups in total. The molecule has 3 aromatic rings. The molecule has 0 bridgehead atoms. The molecule has 2 aliphatic carbocycles. The number of aliphatic hydroxyl groups excluding tert-OH is 1. The second-order valence-electron chi connectivity index (χ2n) is 13.3. The van der Waals surface area contributed by atoms with E-state index in [1.807, 2.05) is 0 Å². The predicted octanol–water partition coefficient (Wildman–Crippen LogP) is 5.07. The fourth-order valence-electron chi connectivity index (χ4n) is 8.40. The fourth-order valence-corrected chi connectivity index (χ4v) is 9.32. The number of rotatable bonds is 5. The highest BCUT2D eigenvalue weighted by Gasteiger charge is 2.77. The number of amides is 4. The lowest BCUT2D eigenvalue weighted by molar-refractivity contribution is -0.125. The maximum absolute atomic E-state index is 15.2. The van der Waals surface area contributed by atoms with Crippen molar-refractivity contribution in [2.75, 3.05) is 41.0 Å². The van der Waals surface area contributed by atoms with Gasteiger partial charge in [0.05, 0.1) is 36.7 Å². The number of fused-ring (bicyclic) bond motifs is 4. The lowest BCUT2D eigenvalue weighted by Gasteiger charge is -2.49. The van der Waals surface area contributed by atoms with Gasteiger partial charge in [-0.25, -0.2) is 26.9 Å². The number of furan rings is 1. The third-order valence-electron chi connectivity index (χ3n) is 10.8. The van der Waals surface area contributed by atoms with Gasteiger partial charge in [0.25, 0.3) is 11.8 Å². The van der Waals surface area contributed by atoms with Crippen LogP contribution in [0.5, 0.6) is 0 Å². The van der Waals surface area contributed by atoms with E-state index in [0.29, 0.717) is 26.3 Å². The number of carbonyl (C=O) groups is 4. The van der Waals surface area contributed by atoms with E-state index in [0.717, 1.165) is 10.6 Å². The quantitative estimate of drug-likeness (QED) is 0.0956. The van der Waals surface area contributed by atoms with Gasteiger partial charge in [0.2, 0.25) is 17.6 Å². The Balaban J connectivity index is 1.23. The number of halogens is 7. The van der Waals surface area contributed by atoms with Crippen LogP contribution in [0.4, 0.5) is 39.0 Å². The second-order valence-corrected chi connectivity index (χ2v) is 14.5. The SMILES string of the molecule is O=C1[C@H]2[C@H](CC=C3[C@H]2C[C@@]2(Cl)C(=O)N(c4c(F)c(F)c(F)c(F)c4F)C(=O)[C@@]2(Cl)[C@H]3c2ccc(CO)o2)C(=O)N1c1ccc(N2CCOCC2)cc1. The minimum atomic E-state index is -2.72. The summed E-state index contributed by atoms with van der Waals surface area (Å²) in [5, 5.41) is 9.74. The second kappa shape index (κ2) is 12.1. The summed E-state index contributed by atoms with van der Waals surface area (Å²) >= 11 is 14.2. The molecule has 6 atom stereocenters. The zero-order valence-electron chi connectivity index (χ0n) is 26.7. The van der Waals surface area contributed by atoms with E-state index >= 15 is 8.78 Å². The molecule has 8 rings (SSSR count). The monoisotopic (exact) mass is 765 g/mol. The molecule has 0 unspecified atom stereocenters. The van der Waals surface area contributed by atoms with E-state index in [9.17, 15) is 37.5 Å². The molecule has 2 aromatic carbocycles. The number of morpholine rings is 1. The maximum atomic E-state index is 15.2. The Kier molecular flexibility index (Phi) is 8.10. The van der Waals surface area contributed by atoms with Crippen molar-refractivity contribution in [1.82, 2.24) is 0 Å². The van der Waals surface area contributed by atoms with Crippen LogP contribution in [0.25, 0.3) is 0 Å². The molecule has 1 aromatic heterocycles. The molecule has 0 spiro atoms. The summed E-state index contributed by atoms with van der Waals surface area (Å²) in [6.45, 7) is 1.79. The van der Waals surface area contributed by atoms with Gasteiger partial charge >= 0.3 is 0 Å². The van der Waals surface area contributed by atoms with Crippen molar-refractivity contribution in [3.8, 4) is 0 Å². The number of hydrogen-bond donors (Lipinski definition) is 1. The number of benzene rings is 2. The van der Waals surface area contributed by atoms with Crippen LogP contribution in [0.15, 0.2) is 52.5 Å². The molecule has 272 valence electrons. The predicted molar refractivity (Wildman–Crippen MR) is 173 cm³/mol. The molecule has 4 fully saturated rings. The lowest BCUT2D eigenvalue weighted by Crippen LogP contribution is -2.60. The van der Waals surface area contributed by atoms with Crippen LogP contribution in [-0.2, 0) is 30.5 Å². The number of anilines is 3. The molecular formula is C35H26Cl2F5N3O7. The molecule has 0 radical (unpaired) electrons. The molecule has 10 nitrogen and oxygen atoms in total. The van der Waals surface area contributed by atoms with E-state index in [-0.39, 0.29) is 34.1 Å². The van der Waals surface area contributed by atoms with Gasteiger partial charge in [-0.05, 0) is 55.2 Å². The molecule has 3 aliphatic heterocycles. The van der Waals surface area contributed by atoms with Crippen LogP contribution in [0, 0.1) is 46.8 Å². The molecule has 4 amide bonds. The molecule has 1 saturated carbocycles. The van der Waals surface area contributed by atoms with Gasteiger partial charge in [0.1, 0.15) is 23.8 Å². The molecule has 17 heteroatoms. The van der Waals surface area contributed by atoms with Crippen molar-refractivity contribution in [2.24, 2.45) is 17.8 Å². The largest absolute Gasteiger partial charge is 0.463 e. The number of nitrogens with zero attached hydrogens (tertiary/aromatic N) is 3. The van der Waals surface area contributed by atoms with E-state index in [1.54, 1.807) is 30.3 Å². The minimum absolute atomic E-state index is 0.0148. The first-order chi connectivity index (χ1) is 24.8. The van der Waals surface area contributed by atoms with E-state index < -0.39 is 105 Å². The van der Waals surface area contributed by atoms with Crippen molar-refractivity contribution in [2.45, 2.75) is 35.1 Å². The number of aliphatic hydroxyl groups is 1. The Morgan fingerprint density at radius 1 is 0.769 bits per heavy atom. The first kappa shape index (κ1) is 34.8. The van der Waals surface area contributed by atoms with Crippen LogP contribution in [-0.4, -0.2) is 64.8 Å². The van der Waals surface area contributed by atoms with Gasteiger partial charge in [-0.3, -0.25) is 24.1 Å². The average Bonchev–Trinajstić information content (AvgIpc) is 3.77. The van der Waals surface area contributed by atoms with Crippen molar-refractivity contribution in [3.63, 3.8) is 0 Å². The van der Waals surface area contributed by atoms with E-state index in [2.05, 4.69) is 4.90 Å². The number of ether oxygens (including phenoxy) is 1. The van der Waals surface area contributed by atoms with E-state index in [4.69, 9.17) is 32.4 Å². The highest BCUT2D eigenvalue weighted by atomic mass is 35.5. The molecule has 52 heavy (non-hydrogen) atoms. The minimum Gasteiger partial charge on any atom is -0.463 e. The summed E-state index contributed by atoms with van der Waals surface area (Å²) in [6.07, 6.45) is 0.890. The summed E-state index contributed by atoms with van der Waals surface area (Å²) in [5.74, 6) is -21.6. The van der Waals surface area contributed by atoms with Crippen LogP contribution in [0.2, 0.25) is 0 Å². The number of hydrogen-bond acceptors (Lipinski definition) is 8. The highest BCUT2D eigenvalue weighted by Crippen LogP contribution is 2.66. The molecule has 3 saturated heterocycles. The number of alkyl halides is 2. The smallest absolute Gasteiger partial charge is 0.258 e. The summed E-state index contributed by atoms with van der Waals surface area (Å²) < 4.78 is 84.4. The van der Waals surface area contributed by atoms with Crippen molar-refractivity contribution in [1.29, 1.82) is 0 Å². The van der Waals surface area contributed by atoms with Gasteiger partial charge in [-0.2, -0.15) is 0 Å². The highest BCUT2D eigenvalue weighted by molar-refractivity contribution is 6.58. The van der Waals surface area contributed by atoms with E-state index in [1.165, 1.54) is 12.1 Å². The molecular weight excluding hydrogens is 740 g/mol. The van der Waals surface area contributed by atoms with Gasteiger partial charge in [0, 0.05) is 18.8 Å². The Labute approximate surface area is 301 Å². The Morgan fingerprint density at radius 3 is 2.00 bits per heavy atom. The normalized spacial score (nSPS) is 30.2. The zero-order valence-corrected chi connectivity index (χ0v) is 28.2. The number of allylic oxidation sites excluding steroid dienone is 2. The molecule has 5 aliphatic rings. The first-order valence-corrected chi connectivity index (χ1v) is 17.0. The van der Waals surface area contributed by atoms with Crippen LogP contribution in [0.3, 0.4) is 0 Å². The lowest BCUT2D eigenvalue weighted by atomic mass is 9.57. The number of imide groups is 2. The van der Waals surface area contributed by atoms with Crippen molar-refractivity contribution in [3.05, 3.63) is 88.7 Å². The zero-order chi connectivity index (χ0) is 37.0. The summed E-state index contributed by atoms with van der Waals surface area (Å²) in [4.78, 5) is 54.3. The van der Waals surface area contributed by atoms with Crippen LogP contribution < -0.4 is 14.7 Å².